The summed E-state index contributed by atoms with van der Waals surface area (Å²) in [4.78, 5) is -0.160. The van der Waals surface area contributed by atoms with Crippen molar-refractivity contribution in [1.29, 1.82) is 0 Å². The van der Waals surface area contributed by atoms with E-state index in [1.165, 1.54) is 13.0 Å². The van der Waals surface area contributed by atoms with Crippen molar-refractivity contribution in [2.75, 3.05) is 39.2 Å². The van der Waals surface area contributed by atoms with Crippen LogP contribution in [0.5, 0.6) is 0 Å². The van der Waals surface area contributed by atoms with E-state index >= 15 is 0 Å². The average molecular weight is 306 g/mol. The molecule has 1 rings (SSSR count). The van der Waals surface area contributed by atoms with Gasteiger partial charge in [-0.15, -0.1) is 0 Å². The van der Waals surface area contributed by atoms with E-state index in [1.54, 1.807) is 7.11 Å². The molecule has 1 aromatic rings. The van der Waals surface area contributed by atoms with Crippen LogP contribution in [0.15, 0.2) is 17.0 Å². The van der Waals surface area contributed by atoms with Crippen molar-refractivity contribution >= 4 is 15.7 Å². The van der Waals surface area contributed by atoms with Crippen molar-refractivity contribution in [3.05, 3.63) is 23.5 Å². The van der Waals surface area contributed by atoms with Crippen molar-refractivity contribution in [3.63, 3.8) is 0 Å². The van der Waals surface area contributed by atoms with Gasteiger partial charge in [-0.2, -0.15) is 0 Å². The zero-order valence-electron chi connectivity index (χ0n) is 11.5. The van der Waals surface area contributed by atoms with E-state index in [9.17, 15) is 12.8 Å². The molecule has 1 aromatic carbocycles. The van der Waals surface area contributed by atoms with E-state index in [0.29, 0.717) is 13.2 Å². The highest BCUT2D eigenvalue weighted by atomic mass is 32.2. The Hall–Kier alpha value is -1.22. The van der Waals surface area contributed by atoms with Crippen LogP contribution in [0.4, 0.5) is 10.1 Å². The summed E-state index contributed by atoms with van der Waals surface area (Å²) in [5.41, 5.74) is 5.56. The lowest BCUT2D eigenvalue weighted by molar-refractivity contribution is 0.0736. The van der Waals surface area contributed by atoms with Crippen LogP contribution in [0.3, 0.4) is 0 Å². The number of ether oxygens (including phenoxy) is 2. The summed E-state index contributed by atoms with van der Waals surface area (Å²) in [7, 11) is -2.27. The third kappa shape index (κ3) is 4.71. The second-order valence-corrected chi connectivity index (χ2v) is 5.86. The van der Waals surface area contributed by atoms with Crippen LogP contribution in [0, 0.1) is 12.7 Å². The van der Waals surface area contributed by atoms with Gasteiger partial charge in [0.2, 0.25) is 10.0 Å². The number of anilines is 1. The maximum Gasteiger partial charge on any atom is 0.241 e. The van der Waals surface area contributed by atoms with Gasteiger partial charge >= 0.3 is 0 Å². The van der Waals surface area contributed by atoms with Crippen LogP contribution in [-0.4, -0.2) is 41.9 Å². The molecule has 0 unspecified atom stereocenters. The van der Waals surface area contributed by atoms with Gasteiger partial charge in [-0.05, 0) is 19.1 Å². The highest BCUT2D eigenvalue weighted by Crippen LogP contribution is 2.21. The molecule has 0 fully saturated rings. The zero-order valence-corrected chi connectivity index (χ0v) is 12.3. The molecule has 0 aliphatic heterocycles. The maximum absolute atomic E-state index is 13.5. The minimum atomic E-state index is -3.81. The monoisotopic (exact) mass is 306 g/mol. The van der Waals surface area contributed by atoms with Gasteiger partial charge in [0.15, 0.2) is 0 Å². The van der Waals surface area contributed by atoms with E-state index in [-0.39, 0.29) is 29.3 Å². The molecule has 0 atom stereocenters. The fourth-order valence-electron chi connectivity index (χ4n) is 1.52. The molecule has 0 radical (unpaired) electrons. The first kappa shape index (κ1) is 16.8. The molecule has 0 amide bonds. The van der Waals surface area contributed by atoms with E-state index in [0.717, 1.165) is 6.07 Å². The Bertz CT molecular complexity index is 549. The van der Waals surface area contributed by atoms with Gasteiger partial charge in [-0.25, -0.2) is 17.5 Å². The third-order valence-corrected chi connectivity index (χ3v) is 4.17. The Morgan fingerprint density at radius 1 is 1.30 bits per heavy atom. The van der Waals surface area contributed by atoms with E-state index in [4.69, 9.17) is 15.2 Å². The molecule has 20 heavy (non-hydrogen) atoms. The normalized spacial score (nSPS) is 11.8. The van der Waals surface area contributed by atoms with Crippen LogP contribution >= 0.6 is 0 Å². The fraction of sp³-hybridized carbons (Fsp3) is 0.500. The second-order valence-electron chi connectivity index (χ2n) is 4.13. The molecule has 0 aromatic heterocycles. The molecule has 0 saturated heterocycles. The quantitative estimate of drug-likeness (QED) is 0.544. The number of halogens is 1. The molecule has 3 N–H and O–H groups in total. The van der Waals surface area contributed by atoms with Crippen LogP contribution in [0.25, 0.3) is 0 Å². The number of methoxy groups -OCH3 is 1. The first-order valence-electron chi connectivity index (χ1n) is 6.00. The van der Waals surface area contributed by atoms with E-state index < -0.39 is 15.8 Å². The molecular formula is C12H19FN2O4S. The first-order chi connectivity index (χ1) is 9.38. The number of nitrogen functional groups attached to an aromatic ring is 1. The molecule has 6 nitrogen and oxygen atoms in total. The van der Waals surface area contributed by atoms with Gasteiger partial charge in [0.1, 0.15) is 5.82 Å². The van der Waals surface area contributed by atoms with Crippen LogP contribution < -0.4 is 10.5 Å². The Labute approximate surface area is 118 Å². The van der Waals surface area contributed by atoms with Gasteiger partial charge in [0.25, 0.3) is 0 Å². The van der Waals surface area contributed by atoms with Gasteiger partial charge < -0.3 is 15.2 Å². The van der Waals surface area contributed by atoms with E-state index in [2.05, 4.69) is 4.72 Å². The number of nitrogens with two attached hydrogens (primary N) is 1. The summed E-state index contributed by atoms with van der Waals surface area (Å²) in [6.45, 7) is 2.49. The number of hydrogen-bond acceptors (Lipinski definition) is 5. The number of sulfonamides is 1. The first-order valence-corrected chi connectivity index (χ1v) is 7.48. The molecule has 0 saturated carbocycles. The Kier molecular flexibility index (Phi) is 6.34. The molecular weight excluding hydrogens is 287 g/mol. The van der Waals surface area contributed by atoms with Gasteiger partial charge in [-0.1, -0.05) is 0 Å². The second kappa shape index (κ2) is 7.53. The van der Waals surface area contributed by atoms with E-state index in [1.807, 2.05) is 0 Å². The van der Waals surface area contributed by atoms with Gasteiger partial charge in [0.05, 0.1) is 24.7 Å². The Morgan fingerprint density at radius 3 is 2.65 bits per heavy atom. The van der Waals surface area contributed by atoms with Crippen LogP contribution in [0.1, 0.15) is 5.56 Å². The summed E-state index contributed by atoms with van der Waals surface area (Å²) in [6.07, 6.45) is 0. The lowest BCUT2D eigenvalue weighted by Crippen LogP contribution is -2.28. The standard InChI is InChI=1S/C12H19FN2O4S/c1-9-11(13)7-10(14)8-12(9)20(16,17)15-3-4-19-6-5-18-2/h7-8,15H,3-6,14H2,1-2H3. The largest absolute Gasteiger partial charge is 0.399 e. The molecule has 0 spiro atoms. The predicted molar refractivity (Wildman–Crippen MR) is 73.4 cm³/mol. The van der Waals surface area contributed by atoms with Gasteiger partial charge in [-0.3, -0.25) is 0 Å². The topological polar surface area (TPSA) is 90.6 Å². The highest BCUT2D eigenvalue weighted by Gasteiger charge is 2.19. The summed E-state index contributed by atoms with van der Waals surface area (Å²) < 4.78 is 49.8. The van der Waals surface area contributed by atoms with Gasteiger partial charge in [0, 0.05) is 24.9 Å². The molecule has 0 bridgehead atoms. The SMILES string of the molecule is COCCOCCNS(=O)(=O)c1cc(N)cc(F)c1C. The molecule has 0 aliphatic rings. The smallest absolute Gasteiger partial charge is 0.241 e. The maximum atomic E-state index is 13.5. The number of rotatable bonds is 8. The van der Waals surface area contributed by atoms with Crippen molar-refractivity contribution in [2.45, 2.75) is 11.8 Å². The molecule has 114 valence electrons. The summed E-state index contributed by atoms with van der Waals surface area (Å²) >= 11 is 0. The summed E-state index contributed by atoms with van der Waals surface area (Å²) in [5, 5.41) is 0. The lowest BCUT2D eigenvalue weighted by Gasteiger charge is -2.11. The molecule has 8 heteroatoms. The zero-order chi connectivity index (χ0) is 15.2. The van der Waals surface area contributed by atoms with Crippen LogP contribution in [0.2, 0.25) is 0 Å². The van der Waals surface area contributed by atoms with Crippen molar-refractivity contribution in [2.24, 2.45) is 0 Å². The average Bonchev–Trinajstić information content (AvgIpc) is 2.37. The Morgan fingerprint density at radius 2 is 2.00 bits per heavy atom. The van der Waals surface area contributed by atoms with Crippen molar-refractivity contribution < 1.29 is 22.3 Å². The van der Waals surface area contributed by atoms with Crippen molar-refractivity contribution in [3.8, 4) is 0 Å². The summed E-state index contributed by atoms with van der Waals surface area (Å²) in [5.74, 6) is -0.651. The highest BCUT2D eigenvalue weighted by molar-refractivity contribution is 7.89. The molecule has 0 aliphatic carbocycles. The number of nitrogens with one attached hydrogen (secondary N) is 1. The molecule has 0 heterocycles. The third-order valence-electron chi connectivity index (χ3n) is 2.58. The lowest BCUT2D eigenvalue weighted by atomic mass is 10.2. The fourth-order valence-corrected chi connectivity index (χ4v) is 2.82. The summed E-state index contributed by atoms with van der Waals surface area (Å²) in [6, 6.07) is 2.31. The van der Waals surface area contributed by atoms with Crippen molar-refractivity contribution in [1.82, 2.24) is 4.72 Å². The van der Waals surface area contributed by atoms with Crippen LogP contribution in [-0.2, 0) is 19.5 Å². The Balaban J connectivity index is 2.65. The number of hydrogen-bond donors (Lipinski definition) is 2. The minimum Gasteiger partial charge on any atom is -0.399 e. The minimum absolute atomic E-state index is 0.0343. The predicted octanol–water partition coefficient (Wildman–Crippen LogP) is 0.658. The number of benzene rings is 1.